The molecule has 1 saturated heterocycles. The van der Waals surface area contributed by atoms with E-state index in [2.05, 4.69) is 15.0 Å². The van der Waals surface area contributed by atoms with Gasteiger partial charge < -0.3 is 24.0 Å². The summed E-state index contributed by atoms with van der Waals surface area (Å²) in [5.41, 5.74) is -2.01. The summed E-state index contributed by atoms with van der Waals surface area (Å²) in [5.74, 6) is -0.323. The quantitative estimate of drug-likeness (QED) is 0.166. The van der Waals surface area contributed by atoms with Crippen molar-refractivity contribution in [1.82, 2.24) is 15.0 Å². The molecule has 1 aromatic carbocycles. The number of methoxy groups -OCH3 is 1. The van der Waals surface area contributed by atoms with Crippen LogP contribution in [0.3, 0.4) is 0 Å². The van der Waals surface area contributed by atoms with Crippen molar-refractivity contribution < 1.29 is 50.1 Å². The Bertz CT molecular complexity index is 1670. The first-order chi connectivity index (χ1) is 24.1. The zero-order chi connectivity index (χ0) is 37.1. The van der Waals surface area contributed by atoms with Crippen molar-refractivity contribution in [2.45, 2.75) is 71.0 Å². The number of ether oxygens (including phenoxy) is 3. The number of halogens is 6. The summed E-state index contributed by atoms with van der Waals surface area (Å²) in [6.07, 6.45) is -6.50. The molecule has 0 saturated carbocycles. The maximum Gasteiger partial charge on any atom is 0.416 e. The van der Waals surface area contributed by atoms with Gasteiger partial charge in [0.25, 0.3) is 0 Å². The first-order valence-electron chi connectivity index (χ1n) is 16.4. The smallest absolute Gasteiger partial charge is 0.416 e. The Balaban J connectivity index is 1.57. The van der Waals surface area contributed by atoms with Crippen molar-refractivity contribution in [3.8, 4) is 5.88 Å². The highest BCUT2D eigenvalue weighted by molar-refractivity contribution is 5.90. The van der Waals surface area contributed by atoms with Crippen LogP contribution < -0.4 is 19.4 Å². The Morgan fingerprint density at radius 3 is 2.08 bits per heavy atom. The number of anilines is 3. The molecule has 1 amide bonds. The van der Waals surface area contributed by atoms with Crippen molar-refractivity contribution in [1.29, 1.82) is 0 Å². The van der Waals surface area contributed by atoms with Crippen molar-refractivity contribution in [2.75, 3.05) is 48.1 Å². The first kappa shape index (κ1) is 37.4. The number of piperidine rings is 1. The number of carbonyl (C=O) groups excluding carboxylic acids is 2. The molecule has 3 aromatic rings. The minimum absolute atomic E-state index is 0.00323. The molecule has 4 heterocycles. The fraction of sp³-hybridized carbons (Fsp3) is 0.500. The minimum atomic E-state index is -5.05. The monoisotopic (exact) mass is 724 g/mol. The van der Waals surface area contributed by atoms with E-state index in [0.717, 1.165) is 0 Å². The van der Waals surface area contributed by atoms with Gasteiger partial charge in [-0.25, -0.2) is 19.7 Å². The van der Waals surface area contributed by atoms with Gasteiger partial charge in [0.1, 0.15) is 0 Å². The molecule has 51 heavy (non-hydrogen) atoms. The van der Waals surface area contributed by atoms with Crippen LogP contribution in [0.25, 0.3) is 0 Å². The van der Waals surface area contributed by atoms with Gasteiger partial charge in [-0.05, 0) is 69.9 Å². The van der Waals surface area contributed by atoms with Crippen LogP contribution in [0.15, 0.2) is 42.7 Å². The van der Waals surface area contributed by atoms with Crippen LogP contribution >= 0.6 is 0 Å². The number of benzene rings is 1. The largest absolute Gasteiger partial charge is 0.481 e. The molecule has 276 valence electrons. The Morgan fingerprint density at radius 1 is 0.922 bits per heavy atom. The first-order valence-corrected chi connectivity index (χ1v) is 16.4. The van der Waals surface area contributed by atoms with Crippen LogP contribution in [-0.2, 0) is 33.2 Å². The van der Waals surface area contributed by atoms with Crippen LogP contribution in [0.4, 0.5) is 48.5 Å². The highest BCUT2D eigenvalue weighted by Gasteiger charge is 2.41. The maximum absolute atomic E-state index is 13.9. The second kappa shape index (κ2) is 15.2. The third kappa shape index (κ3) is 8.39. The number of rotatable bonds is 9. The SMILES string of the molecule is CCOC(=O)C1CCN(c2cnc(N(Cc3cc(C(F)(F)F)cc(C(F)(F)F)c3)[C@H]3C[C@@H](C)N(C(=O)OCC)c4ccc(OC)nc43)nc2)CC1. The van der Waals surface area contributed by atoms with Crippen LogP contribution in [-0.4, -0.2) is 66.5 Å². The standard InChI is InChI=1S/C34H38F6N6O5/c1-5-50-30(47)22-9-11-44(12-10-22)25-17-41-31(42-18-25)45(19-21-14-23(33(35,36)37)16-24(15-21)34(38,39)40)27-13-20(3)46(32(48)51-6-2)26-7-8-28(49-4)43-29(26)27/h7-8,14-18,20,22,27H,5-6,9-13,19H2,1-4H3/t20-,27+/m1/s1. The van der Waals surface area contributed by atoms with E-state index in [1.807, 2.05) is 4.90 Å². The lowest BCUT2D eigenvalue weighted by Gasteiger charge is -2.42. The number of pyridine rings is 1. The minimum Gasteiger partial charge on any atom is -0.481 e. The summed E-state index contributed by atoms with van der Waals surface area (Å²) >= 11 is 0. The summed E-state index contributed by atoms with van der Waals surface area (Å²) in [5, 5.41) is 0. The number of aromatic nitrogens is 3. The average molecular weight is 725 g/mol. The Kier molecular flexibility index (Phi) is 11.1. The van der Waals surface area contributed by atoms with Gasteiger partial charge in [0, 0.05) is 31.7 Å². The van der Waals surface area contributed by atoms with E-state index in [1.54, 1.807) is 26.8 Å². The molecular formula is C34H38F6N6O5. The predicted molar refractivity (Wildman–Crippen MR) is 173 cm³/mol. The topological polar surface area (TPSA) is 110 Å². The van der Waals surface area contributed by atoms with Crippen LogP contribution in [0.5, 0.6) is 5.88 Å². The van der Waals surface area contributed by atoms with E-state index in [4.69, 9.17) is 14.2 Å². The van der Waals surface area contributed by atoms with E-state index in [9.17, 15) is 35.9 Å². The lowest BCUT2D eigenvalue weighted by atomic mass is 9.94. The normalized spacial score (nSPS) is 18.2. The second-order valence-electron chi connectivity index (χ2n) is 12.2. The van der Waals surface area contributed by atoms with Crippen LogP contribution in [0.1, 0.15) is 68.5 Å². The van der Waals surface area contributed by atoms with Gasteiger partial charge in [-0.15, -0.1) is 0 Å². The van der Waals surface area contributed by atoms with E-state index >= 15 is 0 Å². The molecule has 0 N–H and O–H groups in total. The Morgan fingerprint density at radius 2 is 1.53 bits per heavy atom. The predicted octanol–water partition coefficient (Wildman–Crippen LogP) is 7.20. The molecule has 2 aliphatic rings. The fourth-order valence-electron chi connectivity index (χ4n) is 6.42. The zero-order valence-corrected chi connectivity index (χ0v) is 28.4. The Hall–Kier alpha value is -4.83. The fourth-order valence-corrected chi connectivity index (χ4v) is 6.42. The number of esters is 1. The molecule has 2 aliphatic heterocycles. The van der Waals surface area contributed by atoms with E-state index in [1.165, 1.54) is 35.4 Å². The molecule has 0 spiro atoms. The second-order valence-corrected chi connectivity index (χ2v) is 12.2. The van der Waals surface area contributed by atoms with E-state index in [-0.39, 0.29) is 60.7 Å². The molecule has 17 heteroatoms. The number of hydrogen-bond acceptors (Lipinski definition) is 10. The third-order valence-corrected chi connectivity index (χ3v) is 8.87. The third-order valence-electron chi connectivity index (χ3n) is 8.87. The van der Waals surface area contributed by atoms with Gasteiger partial charge in [0.2, 0.25) is 11.8 Å². The van der Waals surface area contributed by atoms with E-state index in [0.29, 0.717) is 49.4 Å². The lowest BCUT2D eigenvalue weighted by Crippen LogP contribution is -2.47. The average Bonchev–Trinajstić information content (AvgIpc) is 3.09. The van der Waals surface area contributed by atoms with Crippen molar-refractivity contribution >= 4 is 29.4 Å². The van der Waals surface area contributed by atoms with E-state index < -0.39 is 48.2 Å². The number of amides is 1. The van der Waals surface area contributed by atoms with Gasteiger partial charge in [-0.1, -0.05) is 0 Å². The van der Waals surface area contributed by atoms with Crippen molar-refractivity contribution in [3.63, 3.8) is 0 Å². The Labute approximate surface area is 290 Å². The van der Waals surface area contributed by atoms with Crippen LogP contribution in [0, 0.1) is 5.92 Å². The lowest BCUT2D eigenvalue weighted by molar-refractivity contribution is -0.148. The number of fused-ring (bicyclic) bond motifs is 1. The summed E-state index contributed by atoms with van der Waals surface area (Å²) < 4.78 is 99.1. The maximum atomic E-state index is 13.9. The molecule has 0 bridgehead atoms. The van der Waals surface area contributed by atoms with Gasteiger partial charge in [0.05, 0.1) is 72.9 Å². The molecule has 1 fully saturated rings. The molecule has 11 nitrogen and oxygen atoms in total. The molecule has 0 radical (unpaired) electrons. The summed E-state index contributed by atoms with van der Waals surface area (Å²) in [6.45, 7) is 6.07. The molecular weight excluding hydrogens is 686 g/mol. The molecule has 0 unspecified atom stereocenters. The number of nitrogens with zero attached hydrogens (tertiary/aromatic N) is 6. The van der Waals surface area contributed by atoms with Crippen molar-refractivity contribution in [2.24, 2.45) is 5.92 Å². The summed E-state index contributed by atoms with van der Waals surface area (Å²) in [7, 11) is 1.38. The number of carbonyl (C=O) groups is 2. The summed E-state index contributed by atoms with van der Waals surface area (Å²) in [6, 6.07) is 3.14. The molecule has 0 aliphatic carbocycles. The van der Waals surface area contributed by atoms with Gasteiger partial charge in [-0.3, -0.25) is 9.69 Å². The molecule has 2 aromatic heterocycles. The number of hydrogen-bond donors (Lipinski definition) is 0. The van der Waals surface area contributed by atoms with Crippen LogP contribution in [0.2, 0.25) is 0 Å². The van der Waals surface area contributed by atoms with Gasteiger partial charge >= 0.3 is 24.4 Å². The highest BCUT2D eigenvalue weighted by atomic mass is 19.4. The zero-order valence-electron chi connectivity index (χ0n) is 28.4. The highest BCUT2D eigenvalue weighted by Crippen LogP contribution is 2.43. The van der Waals surface area contributed by atoms with Gasteiger partial charge in [-0.2, -0.15) is 26.3 Å². The van der Waals surface area contributed by atoms with Crippen molar-refractivity contribution in [3.05, 3.63) is 65.1 Å². The summed E-state index contributed by atoms with van der Waals surface area (Å²) in [4.78, 5) is 43.8. The molecule has 5 rings (SSSR count). The number of alkyl halides is 6. The van der Waals surface area contributed by atoms with Gasteiger partial charge in [0.15, 0.2) is 0 Å². The molecule has 2 atom stereocenters.